The minimum atomic E-state index is -0.599. The summed E-state index contributed by atoms with van der Waals surface area (Å²) in [6, 6.07) is 13.9. The fourth-order valence-electron chi connectivity index (χ4n) is 3.52. The summed E-state index contributed by atoms with van der Waals surface area (Å²) in [6.07, 6.45) is 0.879. The molecule has 0 saturated carbocycles. The molecule has 0 aliphatic heterocycles. The molecule has 3 rings (SSSR count). The van der Waals surface area contributed by atoms with Crippen LogP contribution < -0.4 is 20.9 Å². The summed E-state index contributed by atoms with van der Waals surface area (Å²) in [5, 5.41) is 11.7. The maximum Gasteiger partial charge on any atom is 0.332 e. The Labute approximate surface area is 169 Å². The zero-order chi connectivity index (χ0) is 21.1. The fourth-order valence-corrected chi connectivity index (χ4v) is 3.52. The van der Waals surface area contributed by atoms with Crippen LogP contribution in [0.4, 0.5) is 5.82 Å². The van der Waals surface area contributed by atoms with E-state index in [4.69, 9.17) is 4.74 Å². The smallest absolute Gasteiger partial charge is 0.332 e. The maximum absolute atomic E-state index is 12.4. The Balaban J connectivity index is 2.16. The number of fused-ring (bicyclic) bond motifs is 1. The van der Waals surface area contributed by atoms with Crippen LogP contribution in [0.1, 0.15) is 24.5 Å². The molecule has 0 N–H and O–H groups in total. The number of rotatable bonds is 6. The minimum Gasteiger partial charge on any atom is -0.493 e. The Morgan fingerprint density at radius 3 is 2.52 bits per heavy atom. The lowest BCUT2D eigenvalue weighted by atomic mass is 10.0. The Hall–Kier alpha value is -3.53. The molecule has 0 saturated heterocycles. The van der Waals surface area contributed by atoms with E-state index >= 15 is 0 Å². The molecule has 0 spiro atoms. The predicted octanol–water partition coefficient (Wildman–Crippen LogP) is 2.53. The molecule has 0 radical (unpaired) electrons. The molecule has 2 aromatic carbocycles. The number of nitrogens with zero attached hydrogens (tertiary/aromatic N) is 4. The first-order chi connectivity index (χ1) is 13.9. The Kier molecular flexibility index (Phi) is 5.74. The van der Waals surface area contributed by atoms with Crippen molar-refractivity contribution in [3.05, 3.63) is 68.4 Å². The van der Waals surface area contributed by atoms with Gasteiger partial charge in [0.25, 0.3) is 5.56 Å². The van der Waals surface area contributed by atoms with Crippen LogP contribution in [0.25, 0.3) is 10.8 Å². The average Bonchev–Trinajstić information content (AvgIpc) is 2.73. The SMILES string of the molecule is CCCOc1ccc2ccccc2c1CN(C)c1c(C#N)c(=O)n(C)c(=O)n1C. The maximum atomic E-state index is 12.4. The van der Waals surface area contributed by atoms with Crippen molar-refractivity contribution in [1.82, 2.24) is 9.13 Å². The summed E-state index contributed by atoms with van der Waals surface area (Å²) < 4.78 is 8.24. The summed E-state index contributed by atoms with van der Waals surface area (Å²) in [4.78, 5) is 26.6. The van der Waals surface area contributed by atoms with Crippen molar-refractivity contribution >= 4 is 16.6 Å². The van der Waals surface area contributed by atoms with Crippen LogP contribution in [0.2, 0.25) is 0 Å². The fraction of sp³-hybridized carbons (Fsp3) is 0.318. The second-order valence-electron chi connectivity index (χ2n) is 6.98. The molecule has 1 aromatic heterocycles. The van der Waals surface area contributed by atoms with Gasteiger partial charge in [0.1, 0.15) is 17.6 Å². The van der Waals surface area contributed by atoms with Crippen molar-refractivity contribution in [3.8, 4) is 11.8 Å². The van der Waals surface area contributed by atoms with Gasteiger partial charge in [-0.3, -0.25) is 13.9 Å². The van der Waals surface area contributed by atoms with Gasteiger partial charge in [-0.2, -0.15) is 5.26 Å². The van der Waals surface area contributed by atoms with E-state index in [1.54, 1.807) is 19.0 Å². The lowest BCUT2D eigenvalue weighted by Crippen LogP contribution is -2.41. The first-order valence-electron chi connectivity index (χ1n) is 9.45. The third-order valence-electron chi connectivity index (χ3n) is 4.96. The molecule has 29 heavy (non-hydrogen) atoms. The van der Waals surface area contributed by atoms with Crippen molar-refractivity contribution in [3.63, 3.8) is 0 Å². The molecule has 0 unspecified atom stereocenters. The zero-order valence-corrected chi connectivity index (χ0v) is 17.1. The molecule has 0 amide bonds. The van der Waals surface area contributed by atoms with Gasteiger partial charge in [0.05, 0.1) is 6.61 Å². The Morgan fingerprint density at radius 2 is 1.83 bits per heavy atom. The molecule has 7 nitrogen and oxygen atoms in total. The standard InChI is InChI=1S/C22H24N4O3/c1-5-12-29-19-11-10-15-8-6-7-9-16(15)18(19)14-24(2)20-17(13-23)21(27)26(4)22(28)25(20)3/h6-11H,5,12,14H2,1-4H3. The van der Waals surface area contributed by atoms with Gasteiger partial charge in [-0.05, 0) is 23.3 Å². The van der Waals surface area contributed by atoms with Gasteiger partial charge in [-0.15, -0.1) is 0 Å². The lowest BCUT2D eigenvalue weighted by Gasteiger charge is -2.25. The molecular formula is C22H24N4O3. The molecule has 0 aliphatic carbocycles. The third-order valence-corrected chi connectivity index (χ3v) is 4.96. The van der Waals surface area contributed by atoms with Gasteiger partial charge in [0.2, 0.25) is 0 Å². The molecule has 7 heteroatoms. The van der Waals surface area contributed by atoms with Crippen LogP contribution >= 0.6 is 0 Å². The Bertz CT molecular complexity index is 1220. The van der Waals surface area contributed by atoms with Crippen molar-refractivity contribution < 1.29 is 4.74 Å². The van der Waals surface area contributed by atoms with Crippen molar-refractivity contribution in [2.75, 3.05) is 18.6 Å². The van der Waals surface area contributed by atoms with E-state index < -0.39 is 11.2 Å². The molecule has 0 atom stereocenters. The van der Waals surface area contributed by atoms with E-state index in [1.165, 1.54) is 11.6 Å². The molecule has 1 heterocycles. The van der Waals surface area contributed by atoms with E-state index in [1.807, 2.05) is 49.4 Å². The number of ether oxygens (including phenoxy) is 1. The highest BCUT2D eigenvalue weighted by molar-refractivity contribution is 5.88. The molecule has 0 fully saturated rings. The van der Waals surface area contributed by atoms with Crippen LogP contribution in [0, 0.1) is 11.3 Å². The number of anilines is 1. The van der Waals surface area contributed by atoms with Crippen LogP contribution in [0.5, 0.6) is 5.75 Å². The van der Waals surface area contributed by atoms with Crippen LogP contribution in [0.3, 0.4) is 0 Å². The van der Waals surface area contributed by atoms with E-state index in [-0.39, 0.29) is 11.4 Å². The highest BCUT2D eigenvalue weighted by Gasteiger charge is 2.20. The molecule has 0 aliphatic rings. The van der Waals surface area contributed by atoms with Gasteiger partial charge >= 0.3 is 5.69 Å². The van der Waals surface area contributed by atoms with Crippen LogP contribution in [-0.4, -0.2) is 22.8 Å². The van der Waals surface area contributed by atoms with Gasteiger partial charge in [0.15, 0.2) is 5.56 Å². The van der Waals surface area contributed by atoms with Crippen molar-refractivity contribution in [2.24, 2.45) is 14.1 Å². The summed E-state index contributed by atoms with van der Waals surface area (Å²) in [7, 11) is 4.70. The zero-order valence-electron chi connectivity index (χ0n) is 17.1. The number of hydrogen-bond acceptors (Lipinski definition) is 5. The normalized spacial score (nSPS) is 10.7. The van der Waals surface area contributed by atoms with Gasteiger partial charge < -0.3 is 9.64 Å². The predicted molar refractivity (Wildman–Crippen MR) is 113 cm³/mol. The largest absolute Gasteiger partial charge is 0.493 e. The second-order valence-corrected chi connectivity index (χ2v) is 6.98. The van der Waals surface area contributed by atoms with E-state index in [9.17, 15) is 14.9 Å². The topological polar surface area (TPSA) is 80.3 Å². The third kappa shape index (κ3) is 3.61. The molecule has 150 valence electrons. The van der Waals surface area contributed by atoms with E-state index in [0.29, 0.717) is 13.2 Å². The average molecular weight is 392 g/mol. The molecule has 3 aromatic rings. The van der Waals surface area contributed by atoms with E-state index in [2.05, 4.69) is 0 Å². The van der Waals surface area contributed by atoms with Crippen molar-refractivity contribution in [2.45, 2.75) is 19.9 Å². The number of hydrogen-bond donors (Lipinski definition) is 0. The summed E-state index contributed by atoms with van der Waals surface area (Å²) in [6.45, 7) is 3.00. The lowest BCUT2D eigenvalue weighted by molar-refractivity contribution is 0.314. The van der Waals surface area contributed by atoms with Gasteiger partial charge in [-0.25, -0.2) is 4.79 Å². The molecule has 0 bridgehead atoms. The first-order valence-corrected chi connectivity index (χ1v) is 9.45. The van der Waals surface area contributed by atoms with Crippen LogP contribution in [-0.2, 0) is 20.6 Å². The minimum absolute atomic E-state index is 0.0617. The number of aromatic nitrogens is 2. The highest BCUT2D eigenvalue weighted by atomic mass is 16.5. The second kappa shape index (κ2) is 8.23. The van der Waals surface area contributed by atoms with Gasteiger partial charge in [-0.1, -0.05) is 37.3 Å². The highest BCUT2D eigenvalue weighted by Crippen LogP contribution is 2.30. The Morgan fingerprint density at radius 1 is 1.10 bits per heavy atom. The van der Waals surface area contributed by atoms with Crippen molar-refractivity contribution in [1.29, 1.82) is 5.26 Å². The van der Waals surface area contributed by atoms with E-state index in [0.717, 1.165) is 33.1 Å². The summed E-state index contributed by atoms with van der Waals surface area (Å²) >= 11 is 0. The quantitative estimate of drug-likeness (QED) is 0.644. The number of nitriles is 1. The summed E-state index contributed by atoms with van der Waals surface area (Å²) in [5.74, 6) is 1.04. The monoisotopic (exact) mass is 392 g/mol. The number of benzene rings is 2. The van der Waals surface area contributed by atoms with Gasteiger partial charge in [0, 0.05) is 33.3 Å². The van der Waals surface area contributed by atoms with Crippen LogP contribution in [0.15, 0.2) is 46.0 Å². The molecular weight excluding hydrogens is 368 g/mol. The summed E-state index contributed by atoms with van der Waals surface area (Å²) in [5.41, 5.74) is -0.196. The first kappa shape index (κ1) is 20.2.